The van der Waals surface area contributed by atoms with Crippen LogP contribution in [0.3, 0.4) is 0 Å². The lowest BCUT2D eigenvalue weighted by Crippen LogP contribution is -2.49. The molecule has 108 valence electrons. The maximum atomic E-state index is 13.4. The Morgan fingerprint density at radius 1 is 1.35 bits per heavy atom. The van der Waals surface area contributed by atoms with Gasteiger partial charge in [-0.05, 0) is 37.5 Å². The number of benzene rings is 1. The normalized spacial score (nSPS) is 16.1. The molecule has 0 heterocycles. The van der Waals surface area contributed by atoms with E-state index < -0.39 is 23.2 Å². The van der Waals surface area contributed by atoms with Crippen molar-refractivity contribution >= 4 is 33.4 Å². The molecule has 0 atom stereocenters. The second-order valence-corrected chi connectivity index (χ2v) is 5.75. The van der Waals surface area contributed by atoms with Crippen LogP contribution in [0, 0.1) is 5.82 Å². The first-order chi connectivity index (χ1) is 9.39. The number of carbonyl (C=O) groups excluding carboxylic acids is 2. The van der Waals surface area contributed by atoms with Gasteiger partial charge >= 0.3 is 11.8 Å². The third-order valence-electron chi connectivity index (χ3n) is 3.25. The Morgan fingerprint density at radius 3 is 2.65 bits per heavy atom. The van der Waals surface area contributed by atoms with Crippen molar-refractivity contribution in [3.8, 4) is 0 Å². The zero-order valence-corrected chi connectivity index (χ0v) is 12.2. The highest BCUT2D eigenvalue weighted by Crippen LogP contribution is 2.30. The van der Waals surface area contributed by atoms with Gasteiger partial charge in [-0.2, -0.15) is 0 Å². The molecule has 20 heavy (non-hydrogen) atoms. The molecule has 1 fully saturated rings. The third kappa shape index (κ3) is 3.55. The van der Waals surface area contributed by atoms with Crippen LogP contribution in [0.5, 0.6) is 0 Å². The third-order valence-corrected chi connectivity index (χ3v) is 3.74. The Morgan fingerprint density at radius 2 is 2.05 bits per heavy atom. The van der Waals surface area contributed by atoms with Crippen molar-refractivity contribution in [2.45, 2.75) is 24.9 Å². The van der Waals surface area contributed by atoms with Crippen molar-refractivity contribution < 1.29 is 19.1 Å². The fraction of sp³-hybridized carbons (Fsp3) is 0.385. The first kappa shape index (κ1) is 14.9. The van der Waals surface area contributed by atoms with Crippen LogP contribution in [0.4, 0.5) is 10.1 Å². The molecular weight excluding hydrogens is 331 g/mol. The standard InChI is InChI=1S/C13H14BrFN2O3/c14-8-2-3-9(15)10(6-8)17-12(19)11(18)16-7-13(20)4-1-5-13/h2-3,6,20H,1,4-5,7H2,(H,16,18)(H,17,19). The van der Waals surface area contributed by atoms with E-state index in [4.69, 9.17) is 0 Å². The predicted octanol–water partition coefficient (Wildman–Crippen LogP) is 1.56. The lowest BCUT2D eigenvalue weighted by Gasteiger charge is -2.36. The topological polar surface area (TPSA) is 78.4 Å². The van der Waals surface area contributed by atoms with E-state index in [0.717, 1.165) is 6.42 Å². The molecule has 1 aliphatic carbocycles. The summed E-state index contributed by atoms with van der Waals surface area (Å²) in [5.41, 5.74) is -0.987. The first-order valence-corrected chi connectivity index (χ1v) is 6.96. The summed E-state index contributed by atoms with van der Waals surface area (Å²) in [5.74, 6) is -2.50. The fourth-order valence-electron chi connectivity index (χ4n) is 1.86. The summed E-state index contributed by atoms with van der Waals surface area (Å²) in [4.78, 5) is 23.2. The number of halogens is 2. The molecule has 1 aromatic rings. The summed E-state index contributed by atoms with van der Waals surface area (Å²) >= 11 is 3.15. The van der Waals surface area contributed by atoms with Crippen LogP contribution < -0.4 is 10.6 Å². The van der Waals surface area contributed by atoms with Gasteiger partial charge < -0.3 is 15.7 Å². The Hall–Kier alpha value is -1.47. The molecule has 0 aliphatic heterocycles. The summed E-state index contributed by atoms with van der Waals surface area (Å²) in [5, 5.41) is 14.3. The SMILES string of the molecule is O=C(NCC1(O)CCC1)C(=O)Nc1cc(Br)ccc1F. The maximum absolute atomic E-state index is 13.4. The van der Waals surface area contributed by atoms with Gasteiger partial charge in [-0.3, -0.25) is 9.59 Å². The van der Waals surface area contributed by atoms with Crippen LogP contribution in [0.1, 0.15) is 19.3 Å². The van der Waals surface area contributed by atoms with E-state index in [1.807, 2.05) is 0 Å². The largest absolute Gasteiger partial charge is 0.388 e. The molecule has 0 aromatic heterocycles. The van der Waals surface area contributed by atoms with Crippen molar-refractivity contribution in [3.05, 3.63) is 28.5 Å². The van der Waals surface area contributed by atoms with Crippen LogP contribution >= 0.6 is 15.9 Å². The van der Waals surface area contributed by atoms with Crippen LogP contribution in [0.15, 0.2) is 22.7 Å². The molecule has 5 nitrogen and oxygen atoms in total. The number of hydrogen-bond acceptors (Lipinski definition) is 3. The van der Waals surface area contributed by atoms with Gasteiger partial charge in [0.1, 0.15) is 5.82 Å². The van der Waals surface area contributed by atoms with Gasteiger partial charge in [0, 0.05) is 11.0 Å². The highest BCUT2D eigenvalue weighted by molar-refractivity contribution is 9.10. The van der Waals surface area contributed by atoms with E-state index in [2.05, 4.69) is 26.6 Å². The molecule has 0 radical (unpaired) electrons. The van der Waals surface area contributed by atoms with E-state index in [1.54, 1.807) is 0 Å². The van der Waals surface area contributed by atoms with Crippen molar-refractivity contribution in [1.29, 1.82) is 0 Å². The molecule has 0 bridgehead atoms. The van der Waals surface area contributed by atoms with Crippen LogP contribution in [0.2, 0.25) is 0 Å². The minimum atomic E-state index is -0.968. The smallest absolute Gasteiger partial charge is 0.313 e. The minimum absolute atomic E-state index is 0.0280. The van der Waals surface area contributed by atoms with Crippen molar-refractivity contribution in [1.82, 2.24) is 5.32 Å². The van der Waals surface area contributed by atoms with Gasteiger partial charge in [0.05, 0.1) is 11.3 Å². The van der Waals surface area contributed by atoms with Gasteiger partial charge in [0.15, 0.2) is 0 Å². The summed E-state index contributed by atoms with van der Waals surface area (Å²) < 4.78 is 14.0. The number of hydrogen-bond donors (Lipinski definition) is 3. The van der Waals surface area contributed by atoms with Gasteiger partial charge in [0.2, 0.25) is 0 Å². The Bertz CT molecular complexity index is 546. The zero-order valence-electron chi connectivity index (χ0n) is 10.6. The van der Waals surface area contributed by atoms with E-state index in [9.17, 15) is 19.1 Å². The Labute approximate surface area is 123 Å². The summed E-state index contributed by atoms with van der Waals surface area (Å²) in [6.45, 7) is 0.0280. The average molecular weight is 345 g/mol. The number of carbonyl (C=O) groups is 2. The fourth-order valence-corrected chi connectivity index (χ4v) is 2.22. The Kier molecular flexibility index (Phi) is 4.39. The molecule has 0 unspecified atom stereocenters. The molecule has 7 heteroatoms. The molecule has 1 saturated carbocycles. The lowest BCUT2D eigenvalue weighted by molar-refractivity contribution is -0.137. The minimum Gasteiger partial charge on any atom is -0.388 e. The first-order valence-electron chi connectivity index (χ1n) is 6.16. The number of amides is 2. The lowest BCUT2D eigenvalue weighted by atomic mass is 9.80. The molecule has 2 rings (SSSR count). The van der Waals surface area contributed by atoms with Gasteiger partial charge in [-0.15, -0.1) is 0 Å². The van der Waals surface area contributed by atoms with E-state index in [-0.39, 0.29) is 12.2 Å². The van der Waals surface area contributed by atoms with Crippen LogP contribution in [-0.4, -0.2) is 29.1 Å². The quantitative estimate of drug-likeness (QED) is 0.728. The van der Waals surface area contributed by atoms with E-state index in [0.29, 0.717) is 17.3 Å². The van der Waals surface area contributed by atoms with Crippen molar-refractivity contribution in [2.24, 2.45) is 0 Å². The number of aliphatic hydroxyl groups is 1. The van der Waals surface area contributed by atoms with Gasteiger partial charge in [0.25, 0.3) is 0 Å². The number of rotatable bonds is 3. The summed E-state index contributed by atoms with van der Waals surface area (Å²) in [7, 11) is 0. The van der Waals surface area contributed by atoms with Gasteiger partial charge in [-0.25, -0.2) is 4.39 Å². The summed E-state index contributed by atoms with van der Waals surface area (Å²) in [6.07, 6.45) is 2.12. The molecule has 3 N–H and O–H groups in total. The molecule has 1 aliphatic rings. The highest BCUT2D eigenvalue weighted by atomic mass is 79.9. The van der Waals surface area contributed by atoms with Crippen LogP contribution in [-0.2, 0) is 9.59 Å². The van der Waals surface area contributed by atoms with Crippen molar-refractivity contribution in [2.75, 3.05) is 11.9 Å². The van der Waals surface area contributed by atoms with E-state index >= 15 is 0 Å². The Balaban J connectivity index is 1.90. The monoisotopic (exact) mass is 344 g/mol. The van der Waals surface area contributed by atoms with E-state index in [1.165, 1.54) is 18.2 Å². The zero-order chi connectivity index (χ0) is 14.8. The summed E-state index contributed by atoms with van der Waals surface area (Å²) in [6, 6.07) is 4.02. The predicted molar refractivity (Wildman–Crippen MR) is 74.5 cm³/mol. The molecule has 1 aromatic carbocycles. The van der Waals surface area contributed by atoms with Crippen LogP contribution in [0.25, 0.3) is 0 Å². The van der Waals surface area contributed by atoms with Crippen molar-refractivity contribution in [3.63, 3.8) is 0 Å². The molecule has 2 amide bonds. The second kappa shape index (κ2) is 5.88. The molecule has 0 spiro atoms. The molecule has 0 saturated heterocycles. The van der Waals surface area contributed by atoms with Gasteiger partial charge in [-0.1, -0.05) is 15.9 Å². The average Bonchev–Trinajstić information content (AvgIpc) is 2.38. The maximum Gasteiger partial charge on any atom is 0.313 e. The molecular formula is C13H14BrFN2O3. The number of nitrogens with one attached hydrogen (secondary N) is 2. The highest BCUT2D eigenvalue weighted by Gasteiger charge is 2.35. The number of anilines is 1. The second-order valence-electron chi connectivity index (χ2n) is 4.84.